The van der Waals surface area contributed by atoms with Crippen LogP contribution in [0.1, 0.15) is 32.4 Å². The fourth-order valence-electron chi connectivity index (χ4n) is 2.85. The van der Waals surface area contributed by atoms with E-state index in [1.54, 1.807) is 0 Å². The van der Waals surface area contributed by atoms with Gasteiger partial charge in [0, 0.05) is 24.1 Å². The number of carboxylic acids is 1. The molecule has 0 spiro atoms. The van der Waals surface area contributed by atoms with E-state index in [1.807, 2.05) is 13.8 Å². The first-order valence-electron chi connectivity index (χ1n) is 10.2. The van der Waals surface area contributed by atoms with Crippen molar-refractivity contribution >= 4 is 42.2 Å². The highest BCUT2D eigenvalue weighted by Gasteiger charge is 2.31. The van der Waals surface area contributed by atoms with Gasteiger partial charge < -0.3 is 37.5 Å². The number of carbonyl (C=O) groups excluding carboxylic acids is 4. The van der Waals surface area contributed by atoms with Gasteiger partial charge in [-0.25, -0.2) is 9.78 Å². The molecule has 4 amide bonds. The maximum atomic E-state index is 13.0. The SMILES string of the molecule is CC(C)CC(NC(=O)C(Cc1cnc[nH]1)NC(=O)C(N)CC(N)=O)C(=O)NC(CS)C(=O)O. The van der Waals surface area contributed by atoms with Crippen molar-refractivity contribution in [3.8, 4) is 0 Å². The molecule has 0 aliphatic carbocycles. The molecular formula is C19H31N7O6S. The molecule has 1 heterocycles. The molecule has 0 aromatic carbocycles. The molecule has 0 radical (unpaired) electrons. The highest BCUT2D eigenvalue weighted by atomic mass is 32.1. The topological polar surface area (TPSA) is 222 Å². The van der Waals surface area contributed by atoms with Gasteiger partial charge in [0.2, 0.25) is 23.6 Å². The van der Waals surface area contributed by atoms with E-state index in [1.165, 1.54) is 12.5 Å². The number of hydrogen-bond acceptors (Lipinski definition) is 8. The number of carboxylic acid groups (broad SMARTS) is 1. The monoisotopic (exact) mass is 485 g/mol. The third-order valence-electron chi connectivity index (χ3n) is 4.51. The van der Waals surface area contributed by atoms with E-state index in [9.17, 15) is 24.0 Å². The van der Waals surface area contributed by atoms with Gasteiger partial charge in [0.1, 0.15) is 18.1 Å². The lowest BCUT2D eigenvalue weighted by atomic mass is 10.0. The van der Waals surface area contributed by atoms with E-state index in [0.717, 1.165) is 0 Å². The van der Waals surface area contributed by atoms with Crippen molar-refractivity contribution in [2.75, 3.05) is 5.75 Å². The second-order valence-corrected chi connectivity index (χ2v) is 8.26. The van der Waals surface area contributed by atoms with Crippen LogP contribution in [0.15, 0.2) is 12.5 Å². The number of primary amides is 1. The Kier molecular flexibility index (Phi) is 11.4. The number of hydrogen-bond donors (Lipinski definition) is 8. The summed E-state index contributed by atoms with van der Waals surface area (Å²) in [5, 5.41) is 16.5. The van der Waals surface area contributed by atoms with Gasteiger partial charge in [-0.3, -0.25) is 19.2 Å². The lowest BCUT2D eigenvalue weighted by Gasteiger charge is -2.25. The van der Waals surface area contributed by atoms with Crippen LogP contribution < -0.4 is 27.4 Å². The smallest absolute Gasteiger partial charge is 0.327 e. The van der Waals surface area contributed by atoms with E-state index in [0.29, 0.717) is 5.69 Å². The van der Waals surface area contributed by atoms with Crippen molar-refractivity contribution in [1.29, 1.82) is 0 Å². The predicted octanol–water partition coefficient (Wildman–Crippen LogP) is -2.33. The van der Waals surface area contributed by atoms with Crippen molar-refractivity contribution in [2.24, 2.45) is 17.4 Å². The van der Waals surface area contributed by atoms with Crippen molar-refractivity contribution in [3.63, 3.8) is 0 Å². The maximum absolute atomic E-state index is 13.0. The molecule has 0 aliphatic rings. The van der Waals surface area contributed by atoms with Crippen molar-refractivity contribution in [3.05, 3.63) is 18.2 Å². The van der Waals surface area contributed by atoms with Crippen LogP contribution in [0.25, 0.3) is 0 Å². The second-order valence-electron chi connectivity index (χ2n) is 7.89. The van der Waals surface area contributed by atoms with Crippen molar-refractivity contribution < 1.29 is 29.1 Å². The highest BCUT2D eigenvalue weighted by Crippen LogP contribution is 2.08. The summed E-state index contributed by atoms with van der Waals surface area (Å²) < 4.78 is 0. The van der Waals surface area contributed by atoms with Crippen LogP contribution in [-0.4, -0.2) is 74.6 Å². The molecule has 0 saturated heterocycles. The lowest BCUT2D eigenvalue weighted by molar-refractivity contribution is -0.141. The Morgan fingerprint density at radius 1 is 1.06 bits per heavy atom. The molecule has 33 heavy (non-hydrogen) atoms. The number of thiol groups is 1. The van der Waals surface area contributed by atoms with Gasteiger partial charge in [0.25, 0.3) is 0 Å². The Morgan fingerprint density at radius 3 is 2.12 bits per heavy atom. The molecule has 0 bridgehead atoms. The average Bonchev–Trinajstić information content (AvgIpc) is 3.22. The van der Waals surface area contributed by atoms with Gasteiger partial charge in [-0.05, 0) is 12.3 Å². The molecule has 184 valence electrons. The minimum absolute atomic E-state index is 0.00866. The minimum atomic E-state index is -1.26. The largest absolute Gasteiger partial charge is 0.480 e. The normalized spacial score (nSPS) is 14.6. The van der Waals surface area contributed by atoms with E-state index in [4.69, 9.17) is 16.6 Å². The van der Waals surface area contributed by atoms with Gasteiger partial charge in [0.15, 0.2) is 0 Å². The van der Waals surface area contributed by atoms with Crippen LogP contribution in [0.4, 0.5) is 0 Å². The van der Waals surface area contributed by atoms with Crippen LogP contribution in [0.2, 0.25) is 0 Å². The summed E-state index contributed by atoms with van der Waals surface area (Å²) in [6, 6.07) is -4.74. The Balaban J connectivity index is 3.03. The Morgan fingerprint density at radius 2 is 1.64 bits per heavy atom. The predicted molar refractivity (Wildman–Crippen MR) is 121 cm³/mol. The minimum Gasteiger partial charge on any atom is -0.480 e. The van der Waals surface area contributed by atoms with Gasteiger partial charge in [-0.1, -0.05) is 13.8 Å². The van der Waals surface area contributed by atoms with Crippen LogP contribution in [0.5, 0.6) is 0 Å². The van der Waals surface area contributed by atoms with Crippen molar-refractivity contribution in [2.45, 2.75) is 57.3 Å². The maximum Gasteiger partial charge on any atom is 0.327 e. The van der Waals surface area contributed by atoms with Crippen LogP contribution >= 0.6 is 12.6 Å². The molecule has 9 N–H and O–H groups in total. The molecule has 14 heteroatoms. The number of amides is 4. The molecule has 4 atom stereocenters. The Labute approximate surface area is 196 Å². The molecule has 0 saturated carbocycles. The standard InChI is InChI=1S/C19H31N7O6S/c1-9(2)3-12(17(29)26-14(7-33)19(31)32)25-18(30)13(4-10-6-22-8-23-10)24-16(28)11(20)5-15(21)27/h6,8-9,11-14,33H,3-5,7,20H2,1-2H3,(H2,21,27)(H,22,23)(H,24,28)(H,25,30)(H,26,29)(H,31,32). The third kappa shape index (κ3) is 9.91. The summed E-state index contributed by atoms with van der Waals surface area (Å²) in [5.41, 5.74) is 11.2. The molecule has 0 aliphatic heterocycles. The number of aromatic nitrogens is 2. The van der Waals surface area contributed by atoms with Gasteiger partial charge in [-0.2, -0.15) is 12.6 Å². The first kappa shape index (κ1) is 27.9. The second kappa shape index (κ2) is 13.4. The first-order valence-corrected chi connectivity index (χ1v) is 10.8. The number of nitrogens with zero attached hydrogens (tertiary/aromatic N) is 1. The zero-order chi connectivity index (χ0) is 25.1. The summed E-state index contributed by atoms with van der Waals surface area (Å²) in [4.78, 5) is 67.0. The molecule has 1 rings (SSSR count). The highest BCUT2D eigenvalue weighted by molar-refractivity contribution is 7.80. The number of aliphatic carboxylic acids is 1. The number of nitrogens with two attached hydrogens (primary N) is 2. The van der Waals surface area contributed by atoms with E-state index >= 15 is 0 Å². The average molecular weight is 486 g/mol. The number of rotatable bonds is 14. The summed E-state index contributed by atoms with van der Waals surface area (Å²) >= 11 is 3.92. The summed E-state index contributed by atoms with van der Waals surface area (Å²) in [6.07, 6.45) is 2.64. The molecule has 13 nitrogen and oxygen atoms in total. The molecule has 1 aromatic heterocycles. The fraction of sp³-hybridized carbons (Fsp3) is 0.579. The van der Waals surface area contributed by atoms with Gasteiger partial charge >= 0.3 is 5.97 Å². The summed E-state index contributed by atoms with van der Waals surface area (Å²) in [7, 11) is 0. The number of carbonyl (C=O) groups is 5. The van der Waals surface area contributed by atoms with Crippen LogP contribution in [-0.2, 0) is 30.4 Å². The number of aromatic amines is 1. The molecule has 1 aromatic rings. The van der Waals surface area contributed by atoms with Crippen molar-refractivity contribution in [1.82, 2.24) is 25.9 Å². The summed E-state index contributed by atoms with van der Waals surface area (Å²) in [5.74, 6) is -4.39. The summed E-state index contributed by atoms with van der Waals surface area (Å²) in [6.45, 7) is 3.65. The van der Waals surface area contributed by atoms with Gasteiger partial charge in [-0.15, -0.1) is 0 Å². The van der Waals surface area contributed by atoms with E-state index in [-0.39, 0.29) is 24.5 Å². The zero-order valence-electron chi connectivity index (χ0n) is 18.4. The Hall–Kier alpha value is -3.13. The van der Waals surface area contributed by atoms with Crippen LogP contribution in [0, 0.1) is 5.92 Å². The molecule has 0 fully saturated rings. The van der Waals surface area contributed by atoms with Gasteiger partial charge in [0.05, 0.1) is 18.8 Å². The zero-order valence-corrected chi connectivity index (χ0v) is 19.3. The third-order valence-corrected chi connectivity index (χ3v) is 4.87. The number of H-pyrrole nitrogens is 1. The van der Waals surface area contributed by atoms with Crippen LogP contribution in [0.3, 0.4) is 0 Å². The lowest BCUT2D eigenvalue weighted by Crippen LogP contribution is -2.58. The molecular weight excluding hydrogens is 454 g/mol. The quantitative estimate of drug-likeness (QED) is 0.133. The van der Waals surface area contributed by atoms with E-state index < -0.39 is 60.2 Å². The number of nitrogens with one attached hydrogen (secondary N) is 4. The molecule has 4 unspecified atom stereocenters. The number of imidazole rings is 1. The van der Waals surface area contributed by atoms with E-state index in [2.05, 4.69) is 38.5 Å². The fourth-order valence-corrected chi connectivity index (χ4v) is 3.09. The Bertz CT molecular complexity index is 833. The first-order chi connectivity index (χ1) is 15.4.